The summed E-state index contributed by atoms with van der Waals surface area (Å²) < 4.78 is 0. The van der Waals surface area contributed by atoms with Crippen LogP contribution >= 0.6 is 11.6 Å². The van der Waals surface area contributed by atoms with Crippen LogP contribution in [0, 0.1) is 0 Å². The first-order valence-corrected chi connectivity index (χ1v) is 6.09. The van der Waals surface area contributed by atoms with Crippen molar-refractivity contribution >= 4 is 22.5 Å². The highest BCUT2D eigenvalue weighted by atomic mass is 35.5. The molecule has 0 radical (unpaired) electrons. The maximum Gasteiger partial charge on any atom is 0.0503 e. The summed E-state index contributed by atoms with van der Waals surface area (Å²) in [5.74, 6) is 0. The van der Waals surface area contributed by atoms with Gasteiger partial charge in [-0.05, 0) is 23.3 Å². The molecule has 1 heterocycles. The fourth-order valence-corrected chi connectivity index (χ4v) is 2.92. The molecule has 0 bridgehead atoms. The molecule has 1 aliphatic carbocycles. The number of halogens is 1. The number of aromatic nitrogens is 1. The number of rotatable bonds is 0. The van der Waals surface area contributed by atoms with Gasteiger partial charge in [0.1, 0.15) is 0 Å². The van der Waals surface area contributed by atoms with Gasteiger partial charge in [0.25, 0.3) is 0 Å². The Hall–Kier alpha value is -1.73. The highest BCUT2D eigenvalue weighted by Crippen LogP contribution is 2.40. The molecule has 1 aliphatic rings. The second-order valence-electron chi connectivity index (χ2n) is 4.50. The lowest BCUT2D eigenvalue weighted by molar-refractivity contribution is 1.29. The molecule has 3 aromatic rings. The number of fused-ring (bicyclic) bond motifs is 5. The topological polar surface area (TPSA) is 15.8 Å². The van der Waals surface area contributed by atoms with E-state index in [-0.39, 0.29) is 0 Å². The lowest BCUT2D eigenvalue weighted by atomic mass is 10.1. The van der Waals surface area contributed by atoms with Gasteiger partial charge in [0.05, 0.1) is 5.69 Å². The maximum absolute atomic E-state index is 6.02. The number of hydrogen-bond donors (Lipinski definition) is 1. The molecule has 0 fully saturated rings. The van der Waals surface area contributed by atoms with Crippen molar-refractivity contribution in [2.75, 3.05) is 0 Å². The quantitative estimate of drug-likeness (QED) is 0.468. The molecule has 4 rings (SSSR count). The lowest BCUT2D eigenvalue weighted by Crippen LogP contribution is -1.80. The van der Waals surface area contributed by atoms with Gasteiger partial charge in [0, 0.05) is 27.9 Å². The van der Waals surface area contributed by atoms with Crippen molar-refractivity contribution < 1.29 is 0 Å². The minimum atomic E-state index is 0.783. The van der Waals surface area contributed by atoms with Crippen molar-refractivity contribution in [3.8, 4) is 11.3 Å². The molecule has 1 N–H and O–H groups in total. The van der Waals surface area contributed by atoms with Gasteiger partial charge in [0.2, 0.25) is 0 Å². The number of H-pyrrole nitrogens is 1. The summed E-state index contributed by atoms with van der Waals surface area (Å²) >= 11 is 6.02. The van der Waals surface area contributed by atoms with Crippen LogP contribution in [0.25, 0.3) is 22.2 Å². The normalized spacial score (nSPS) is 12.8. The van der Waals surface area contributed by atoms with E-state index in [1.807, 2.05) is 12.1 Å². The minimum Gasteiger partial charge on any atom is -0.354 e. The zero-order chi connectivity index (χ0) is 11.4. The van der Waals surface area contributed by atoms with E-state index in [2.05, 4.69) is 35.3 Å². The summed E-state index contributed by atoms with van der Waals surface area (Å²) in [7, 11) is 0. The third-order valence-electron chi connectivity index (χ3n) is 3.52. The summed E-state index contributed by atoms with van der Waals surface area (Å²) in [6.45, 7) is 0. The molecular weight excluding hydrogens is 230 g/mol. The molecule has 0 atom stereocenters. The Morgan fingerprint density at radius 3 is 2.88 bits per heavy atom. The molecule has 1 nitrogen and oxygen atoms in total. The summed E-state index contributed by atoms with van der Waals surface area (Å²) in [6.07, 6.45) is 1.02. The second-order valence-corrected chi connectivity index (χ2v) is 4.94. The van der Waals surface area contributed by atoms with Gasteiger partial charge < -0.3 is 4.98 Å². The summed E-state index contributed by atoms with van der Waals surface area (Å²) in [5.41, 5.74) is 6.54. The molecule has 0 amide bonds. The van der Waals surface area contributed by atoms with Crippen LogP contribution in [0.2, 0.25) is 5.02 Å². The molecule has 1 aromatic heterocycles. The van der Waals surface area contributed by atoms with Crippen LogP contribution in [0.5, 0.6) is 0 Å². The van der Waals surface area contributed by atoms with Gasteiger partial charge in [-0.15, -0.1) is 0 Å². The Morgan fingerprint density at radius 2 is 1.94 bits per heavy atom. The fraction of sp³-hybridized carbons (Fsp3) is 0.0667. The largest absolute Gasteiger partial charge is 0.354 e. The SMILES string of the molecule is Clc1ccc2c3c([nH]c2c1)-c1ccccc1C3. The fourth-order valence-electron chi connectivity index (χ4n) is 2.75. The van der Waals surface area contributed by atoms with Crippen molar-refractivity contribution in [2.24, 2.45) is 0 Å². The third-order valence-corrected chi connectivity index (χ3v) is 3.76. The van der Waals surface area contributed by atoms with Crippen molar-refractivity contribution in [1.29, 1.82) is 0 Å². The van der Waals surface area contributed by atoms with Gasteiger partial charge in [-0.2, -0.15) is 0 Å². The standard InChI is InChI=1S/C15H10ClN/c16-10-5-6-12-13-7-9-3-1-2-4-11(9)15(13)17-14(12)8-10/h1-6,8,17H,7H2. The van der Waals surface area contributed by atoms with Gasteiger partial charge >= 0.3 is 0 Å². The maximum atomic E-state index is 6.02. The van der Waals surface area contributed by atoms with E-state index in [0.717, 1.165) is 17.0 Å². The van der Waals surface area contributed by atoms with Crippen LogP contribution in [0.4, 0.5) is 0 Å². The Bertz CT molecular complexity index is 740. The van der Waals surface area contributed by atoms with Crippen LogP contribution in [-0.2, 0) is 6.42 Å². The molecule has 0 spiro atoms. The highest BCUT2D eigenvalue weighted by Gasteiger charge is 2.22. The zero-order valence-electron chi connectivity index (χ0n) is 9.13. The van der Waals surface area contributed by atoms with Crippen molar-refractivity contribution in [3.05, 3.63) is 58.6 Å². The van der Waals surface area contributed by atoms with Gasteiger partial charge in [-0.25, -0.2) is 0 Å². The summed E-state index contributed by atoms with van der Waals surface area (Å²) in [5, 5.41) is 2.08. The Labute approximate surface area is 104 Å². The molecule has 2 aromatic carbocycles. The minimum absolute atomic E-state index is 0.783. The molecule has 82 valence electrons. The van der Waals surface area contributed by atoms with Crippen molar-refractivity contribution in [1.82, 2.24) is 4.98 Å². The van der Waals surface area contributed by atoms with Gasteiger partial charge in [-0.1, -0.05) is 41.9 Å². The number of benzene rings is 2. The van der Waals surface area contributed by atoms with Gasteiger partial charge in [0.15, 0.2) is 0 Å². The highest BCUT2D eigenvalue weighted by molar-refractivity contribution is 6.31. The molecule has 17 heavy (non-hydrogen) atoms. The van der Waals surface area contributed by atoms with E-state index >= 15 is 0 Å². The first-order chi connectivity index (χ1) is 8.33. The number of nitrogens with one attached hydrogen (secondary N) is 1. The zero-order valence-corrected chi connectivity index (χ0v) is 9.88. The van der Waals surface area contributed by atoms with Crippen LogP contribution in [0.1, 0.15) is 11.1 Å². The van der Waals surface area contributed by atoms with Gasteiger partial charge in [-0.3, -0.25) is 0 Å². The predicted octanol–water partition coefficient (Wildman–Crippen LogP) is 4.39. The van der Waals surface area contributed by atoms with E-state index < -0.39 is 0 Å². The van der Waals surface area contributed by atoms with Crippen LogP contribution in [0.3, 0.4) is 0 Å². The van der Waals surface area contributed by atoms with Crippen LogP contribution in [-0.4, -0.2) is 4.98 Å². The first-order valence-electron chi connectivity index (χ1n) is 5.71. The van der Waals surface area contributed by atoms with E-state index in [1.54, 1.807) is 0 Å². The molecule has 0 saturated heterocycles. The molecule has 0 saturated carbocycles. The lowest BCUT2D eigenvalue weighted by Gasteiger charge is -1.98. The van der Waals surface area contributed by atoms with E-state index in [9.17, 15) is 0 Å². The Morgan fingerprint density at radius 1 is 1.06 bits per heavy atom. The van der Waals surface area contributed by atoms with Crippen LogP contribution < -0.4 is 0 Å². The molecule has 0 unspecified atom stereocenters. The molecule has 2 heteroatoms. The third kappa shape index (κ3) is 1.20. The number of aromatic amines is 1. The predicted molar refractivity (Wildman–Crippen MR) is 71.6 cm³/mol. The molecule has 0 aliphatic heterocycles. The Kier molecular flexibility index (Phi) is 1.72. The van der Waals surface area contributed by atoms with Crippen molar-refractivity contribution in [2.45, 2.75) is 6.42 Å². The first kappa shape index (κ1) is 9.32. The van der Waals surface area contributed by atoms with Crippen LogP contribution in [0.15, 0.2) is 42.5 Å². The Balaban J connectivity index is 2.08. The van der Waals surface area contributed by atoms with E-state index in [4.69, 9.17) is 11.6 Å². The average molecular weight is 240 g/mol. The summed E-state index contributed by atoms with van der Waals surface area (Å²) in [6, 6.07) is 14.6. The molecular formula is C15H10ClN. The monoisotopic (exact) mass is 239 g/mol. The summed E-state index contributed by atoms with van der Waals surface area (Å²) in [4.78, 5) is 3.49. The van der Waals surface area contributed by atoms with E-state index in [1.165, 1.54) is 27.8 Å². The van der Waals surface area contributed by atoms with E-state index in [0.29, 0.717) is 0 Å². The smallest absolute Gasteiger partial charge is 0.0503 e. The van der Waals surface area contributed by atoms with Crippen molar-refractivity contribution in [3.63, 3.8) is 0 Å². The number of hydrogen-bond acceptors (Lipinski definition) is 0. The average Bonchev–Trinajstić information content (AvgIpc) is 2.84. The second kappa shape index (κ2) is 3.14.